The Bertz CT molecular complexity index is 955. The first-order chi connectivity index (χ1) is 13.6. The fourth-order valence-electron chi connectivity index (χ4n) is 2.80. The highest BCUT2D eigenvalue weighted by atomic mass is 16.5. The average Bonchev–Trinajstić information content (AvgIpc) is 2.74. The molecule has 2 aromatic carbocycles. The minimum absolute atomic E-state index is 0.195. The van der Waals surface area contributed by atoms with E-state index in [0.717, 1.165) is 23.4 Å². The zero-order valence-corrected chi connectivity index (χ0v) is 16.2. The van der Waals surface area contributed by atoms with Crippen molar-refractivity contribution in [3.63, 3.8) is 0 Å². The molecule has 0 atom stereocenters. The highest BCUT2D eigenvalue weighted by molar-refractivity contribution is 6.04. The largest absolute Gasteiger partial charge is 0.497 e. The maximum absolute atomic E-state index is 12.5. The Kier molecular flexibility index (Phi) is 6.11. The van der Waals surface area contributed by atoms with E-state index < -0.39 is 0 Å². The van der Waals surface area contributed by atoms with E-state index in [1.165, 1.54) is 0 Å². The third kappa shape index (κ3) is 4.40. The van der Waals surface area contributed by atoms with E-state index in [9.17, 15) is 4.79 Å². The number of ether oxygens (including phenoxy) is 2. The number of pyridine rings is 1. The Morgan fingerprint density at radius 1 is 1.00 bits per heavy atom. The molecule has 6 nitrogen and oxygen atoms in total. The first kappa shape index (κ1) is 19.2. The number of nitrogens with one attached hydrogen (secondary N) is 2. The van der Waals surface area contributed by atoms with Gasteiger partial charge in [-0.05, 0) is 42.3 Å². The maximum Gasteiger partial charge on any atom is 0.257 e. The molecule has 0 aliphatic carbocycles. The van der Waals surface area contributed by atoms with Crippen molar-refractivity contribution in [1.82, 2.24) is 4.98 Å². The molecule has 0 spiro atoms. The van der Waals surface area contributed by atoms with Gasteiger partial charge in [-0.25, -0.2) is 4.98 Å². The van der Waals surface area contributed by atoms with Crippen LogP contribution in [0.4, 0.5) is 17.2 Å². The molecule has 0 aliphatic heterocycles. The number of para-hydroxylation sites is 1. The van der Waals surface area contributed by atoms with Gasteiger partial charge in [0.05, 0.1) is 25.5 Å². The third-order valence-corrected chi connectivity index (χ3v) is 4.34. The minimum atomic E-state index is -0.195. The molecule has 28 heavy (non-hydrogen) atoms. The number of hydrogen-bond donors (Lipinski definition) is 2. The number of carbonyl (C=O) groups is 1. The minimum Gasteiger partial charge on any atom is -0.497 e. The predicted molar refractivity (Wildman–Crippen MR) is 111 cm³/mol. The molecule has 3 rings (SSSR count). The number of aryl methyl sites for hydroxylation is 1. The lowest BCUT2D eigenvalue weighted by Crippen LogP contribution is -2.13. The van der Waals surface area contributed by atoms with Gasteiger partial charge in [0.2, 0.25) is 0 Å². The number of hydrogen-bond acceptors (Lipinski definition) is 5. The molecule has 0 fully saturated rings. The van der Waals surface area contributed by atoms with Gasteiger partial charge in [0.1, 0.15) is 17.3 Å². The van der Waals surface area contributed by atoms with Gasteiger partial charge in [0, 0.05) is 18.0 Å². The summed E-state index contributed by atoms with van der Waals surface area (Å²) in [5.41, 5.74) is 3.11. The van der Waals surface area contributed by atoms with Crippen molar-refractivity contribution >= 4 is 23.1 Å². The Hall–Kier alpha value is -3.54. The van der Waals surface area contributed by atoms with Crippen LogP contribution in [-0.4, -0.2) is 25.1 Å². The van der Waals surface area contributed by atoms with Crippen molar-refractivity contribution in [2.75, 3.05) is 24.9 Å². The van der Waals surface area contributed by atoms with Gasteiger partial charge >= 0.3 is 0 Å². The molecule has 0 saturated heterocycles. The summed E-state index contributed by atoms with van der Waals surface area (Å²) in [6.45, 7) is 2.06. The number of nitrogens with zero attached hydrogens (tertiary/aromatic N) is 1. The highest BCUT2D eigenvalue weighted by Crippen LogP contribution is 2.31. The van der Waals surface area contributed by atoms with E-state index in [1.807, 2.05) is 42.5 Å². The summed E-state index contributed by atoms with van der Waals surface area (Å²) in [6, 6.07) is 16.7. The molecule has 2 N–H and O–H groups in total. The van der Waals surface area contributed by atoms with Crippen molar-refractivity contribution in [3.8, 4) is 11.5 Å². The Labute approximate surface area is 164 Å². The normalized spacial score (nSPS) is 10.2. The van der Waals surface area contributed by atoms with Crippen molar-refractivity contribution in [2.45, 2.75) is 13.3 Å². The van der Waals surface area contributed by atoms with Crippen molar-refractivity contribution in [1.29, 1.82) is 0 Å². The number of methoxy groups -OCH3 is 2. The van der Waals surface area contributed by atoms with Crippen LogP contribution >= 0.6 is 0 Å². The van der Waals surface area contributed by atoms with Crippen molar-refractivity contribution < 1.29 is 14.3 Å². The average molecular weight is 377 g/mol. The van der Waals surface area contributed by atoms with E-state index in [1.54, 1.807) is 32.5 Å². The molecule has 6 heteroatoms. The number of carbonyl (C=O) groups excluding carboxylic acids is 1. The molecule has 144 valence electrons. The van der Waals surface area contributed by atoms with E-state index in [-0.39, 0.29) is 5.91 Å². The Morgan fingerprint density at radius 3 is 2.50 bits per heavy atom. The van der Waals surface area contributed by atoms with Crippen LogP contribution in [0.2, 0.25) is 0 Å². The monoisotopic (exact) mass is 377 g/mol. The fraction of sp³-hybridized carbons (Fsp3) is 0.182. The van der Waals surface area contributed by atoms with Gasteiger partial charge < -0.3 is 20.1 Å². The lowest BCUT2D eigenvalue weighted by atomic mass is 10.1. The van der Waals surface area contributed by atoms with Crippen LogP contribution < -0.4 is 20.1 Å². The number of aromatic nitrogens is 1. The van der Waals surface area contributed by atoms with Crippen LogP contribution in [0.15, 0.2) is 60.8 Å². The van der Waals surface area contributed by atoms with Crippen LogP contribution in [0, 0.1) is 0 Å². The molecular formula is C22H23N3O3. The SMILES string of the molecule is CCc1ccccc1NC(=O)c1ccc(Nc2cc(OC)ccc2OC)nc1. The van der Waals surface area contributed by atoms with Gasteiger partial charge in [0.25, 0.3) is 5.91 Å². The van der Waals surface area contributed by atoms with Crippen LogP contribution in [-0.2, 0) is 6.42 Å². The Morgan fingerprint density at radius 2 is 1.82 bits per heavy atom. The first-order valence-electron chi connectivity index (χ1n) is 8.99. The summed E-state index contributed by atoms with van der Waals surface area (Å²) in [5.74, 6) is 1.77. The van der Waals surface area contributed by atoms with Crippen molar-refractivity contribution in [3.05, 3.63) is 71.9 Å². The molecule has 1 heterocycles. The van der Waals surface area contributed by atoms with Gasteiger partial charge in [-0.1, -0.05) is 25.1 Å². The van der Waals surface area contributed by atoms with E-state index >= 15 is 0 Å². The maximum atomic E-state index is 12.5. The summed E-state index contributed by atoms with van der Waals surface area (Å²) >= 11 is 0. The first-order valence-corrected chi connectivity index (χ1v) is 8.99. The van der Waals surface area contributed by atoms with E-state index in [4.69, 9.17) is 9.47 Å². The second-order valence-electron chi connectivity index (χ2n) is 6.09. The summed E-state index contributed by atoms with van der Waals surface area (Å²) in [5, 5.41) is 6.13. The summed E-state index contributed by atoms with van der Waals surface area (Å²) in [7, 11) is 3.20. The lowest BCUT2D eigenvalue weighted by Gasteiger charge is -2.13. The molecule has 0 bridgehead atoms. The summed E-state index contributed by atoms with van der Waals surface area (Å²) < 4.78 is 10.6. The summed E-state index contributed by atoms with van der Waals surface area (Å²) in [6.07, 6.45) is 2.39. The zero-order valence-electron chi connectivity index (χ0n) is 16.2. The lowest BCUT2D eigenvalue weighted by molar-refractivity contribution is 0.102. The molecule has 0 saturated carbocycles. The summed E-state index contributed by atoms with van der Waals surface area (Å²) in [4.78, 5) is 16.9. The number of rotatable bonds is 7. The van der Waals surface area contributed by atoms with E-state index in [2.05, 4.69) is 22.5 Å². The standard InChI is InChI=1S/C22H23N3O3/c1-4-15-7-5-6-8-18(15)25-22(26)16-9-12-21(23-14-16)24-19-13-17(27-2)10-11-20(19)28-3/h5-14H,4H2,1-3H3,(H,23,24)(H,25,26). The zero-order chi connectivity index (χ0) is 19.9. The molecule has 3 aromatic rings. The van der Waals surface area contributed by atoms with Gasteiger partial charge in [-0.3, -0.25) is 4.79 Å². The van der Waals surface area contributed by atoms with Crippen LogP contribution in [0.25, 0.3) is 0 Å². The topological polar surface area (TPSA) is 72.5 Å². The molecule has 1 amide bonds. The number of benzene rings is 2. The van der Waals surface area contributed by atoms with Crippen LogP contribution in [0.1, 0.15) is 22.8 Å². The van der Waals surface area contributed by atoms with Gasteiger partial charge in [-0.15, -0.1) is 0 Å². The molecule has 1 aromatic heterocycles. The molecule has 0 unspecified atom stereocenters. The third-order valence-electron chi connectivity index (χ3n) is 4.34. The fourth-order valence-corrected chi connectivity index (χ4v) is 2.80. The number of amides is 1. The van der Waals surface area contributed by atoms with Crippen molar-refractivity contribution in [2.24, 2.45) is 0 Å². The van der Waals surface area contributed by atoms with Gasteiger partial charge in [-0.2, -0.15) is 0 Å². The predicted octanol–water partition coefficient (Wildman–Crippen LogP) is 4.66. The molecular weight excluding hydrogens is 354 g/mol. The quantitative estimate of drug-likeness (QED) is 0.627. The second-order valence-corrected chi connectivity index (χ2v) is 6.09. The van der Waals surface area contributed by atoms with E-state index in [0.29, 0.717) is 22.9 Å². The smallest absolute Gasteiger partial charge is 0.257 e. The molecule has 0 radical (unpaired) electrons. The molecule has 0 aliphatic rings. The van der Waals surface area contributed by atoms with Crippen LogP contribution in [0.5, 0.6) is 11.5 Å². The number of anilines is 3. The van der Waals surface area contributed by atoms with Gasteiger partial charge in [0.15, 0.2) is 0 Å². The highest BCUT2D eigenvalue weighted by Gasteiger charge is 2.10. The van der Waals surface area contributed by atoms with Crippen LogP contribution in [0.3, 0.4) is 0 Å². The Balaban J connectivity index is 1.74. The second kappa shape index (κ2) is 8.90.